The van der Waals surface area contributed by atoms with Crippen molar-refractivity contribution in [3.63, 3.8) is 0 Å². The Balaban J connectivity index is 2.26. The Bertz CT molecular complexity index is 465. The normalized spacial score (nSPS) is 17.1. The molecule has 1 aliphatic rings. The first-order chi connectivity index (χ1) is 8.63. The molecular weight excluding hydrogens is 228 g/mol. The molecular formula is C14H18N2O2. The van der Waals surface area contributed by atoms with Crippen LogP contribution in [-0.4, -0.2) is 13.2 Å². The van der Waals surface area contributed by atoms with Crippen LogP contribution in [0.15, 0.2) is 18.2 Å². The van der Waals surface area contributed by atoms with E-state index < -0.39 is 0 Å². The average Bonchev–Trinajstić information content (AvgIpc) is 2.38. The molecule has 1 aromatic carbocycles. The number of benzene rings is 1. The zero-order chi connectivity index (χ0) is 13.1. The summed E-state index contributed by atoms with van der Waals surface area (Å²) in [6.07, 6.45) is 0. The molecule has 0 bridgehead atoms. The van der Waals surface area contributed by atoms with Crippen molar-refractivity contribution in [3.05, 3.63) is 23.8 Å². The van der Waals surface area contributed by atoms with Crippen molar-refractivity contribution >= 4 is 0 Å². The van der Waals surface area contributed by atoms with Crippen LogP contribution < -0.4 is 15.2 Å². The van der Waals surface area contributed by atoms with Crippen LogP contribution in [0.25, 0.3) is 0 Å². The molecule has 0 saturated heterocycles. The van der Waals surface area contributed by atoms with Crippen molar-refractivity contribution in [2.45, 2.75) is 19.9 Å². The Morgan fingerprint density at radius 2 is 1.89 bits per heavy atom. The summed E-state index contributed by atoms with van der Waals surface area (Å²) in [4.78, 5) is 0. The van der Waals surface area contributed by atoms with Crippen LogP contribution in [0.4, 0.5) is 0 Å². The number of rotatable bonds is 3. The molecule has 2 N–H and O–H groups in total. The molecule has 4 heteroatoms. The van der Waals surface area contributed by atoms with E-state index in [9.17, 15) is 5.26 Å². The number of nitrogens with two attached hydrogens (primary N) is 1. The van der Waals surface area contributed by atoms with Gasteiger partial charge < -0.3 is 15.2 Å². The molecule has 4 nitrogen and oxygen atoms in total. The van der Waals surface area contributed by atoms with E-state index in [0.717, 1.165) is 17.1 Å². The number of ether oxygens (including phenoxy) is 2. The van der Waals surface area contributed by atoms with Gasteiger partial charge in [-0.3, -0.25) is 0 Å². The molecule has 18 heavy (non-hydrogen) atoms. The molecule has 2 atom stereocenters. The first-order valence-electron chi connectivity index (χ1n) is 6.18. The van der Waals surface area contributed by atoms with Gasteiger partial charge in [-0.15, -0.1) is 0 Å². The molecule has 2 rings (SSSR count). The van der Waals surface area contributed by atoms with Crippen LogP contribution in [0.1, 0.15) is 25.5 Å². The van der Waals surface area contributed by atoms with Gasteiger partial charge in [-0.2, -0.15) is 5.26 Å². The topological polar surface area (TPSA) is 68.3 Å². The molecule has 0 radical (unpaired) electrons. The molecule has 0 fully saturated rings. The van der Waals surface area contributed by atoms with Crippen LogP contribution in [0.3, 0.4) is 0 Å². The molecule has 0 saturated carbocycles. The van der Waals surface area contributed by atoms with Gasteiger partial charge in [0.15, 0.2) is 11.5 Å². The molecule has 1 aromatic rings. The van der Waals surface area contributed by atoms with Crippen LogP contribution in [-0.2, 0) is 0 Å². The Labute approximate surface area is 107 Å². The van der Waals surface area contributed by atoms with E-state index in [0.29, 0.717) is 13.2 Å². The predicted molar refractivity (Wildman–Crippen MR) is 68.3 cm³/mol. The first-order valence-corrected chi connectivity index (χ1v) is 6.18. The summed E-state index contributed by atoms with van der Waals surface area (Å²) >= 11 is 0. The zero-order valence-electron chi connectivity index (χ0n) is 10.7. The highest BCUT2D eigenvalue weighted by Crippen LogP contribution is 2.34. The third-order valence-corrected chi connectivity index (χ3v) is 3.21. The van der Waals surface area contributed by atoms with Crippen LogP contribution in [0, 0.1) is 23.2 Å². The highest BCUT2D eigenvalue weighted by atomic mass is 16.6. The summed E-state index contributed by atoms with van der Waals surface area (Å²) in [5, 5.41) is 9.18. The maximum absolute atomic E-state index is 9.18. The van der Waals surface area contributed by atoms with Gasteiger partial charge in [-0.25, -0.2) is 0 Å². The van der Waals surface area contributed by atoms with E-state index in [1.54, 1.807) is 0 Å². The van der Waals surface area contributed by atoms with Crippen LogP contribution >= 0.6 is 0 Å². The summed E-state index contributed by atoms with van der Waals surface area (Å²) in [5.74, 6) is 1.48. The SMILES string of the molecule is CC(C)C(C#N)C(N)c1ccc2c(c1)OCCO2. The van der Waals surface area contributed by atoms with Crippen molar-refractivity contribution in [2.24, 2.45) is 17.6 Å². The lowest BCUT2D eigenvalue weighted by Gasteiger charge is -2.24. The quantitative estimate of drug-likeness (QED) is 0.888. The molecule has 0 amide bonds. The minimum Gasteiger partial charge on any atom is -0.486 e. The fraction of sp³-hybridized carbons (Fsp3) is 0.500. The standard InChI is InChI=1S/C14H18N2O2/c1-9(2)11(8-15)14(16)10-3-4-12-13(7-10)18-6-5-17-12/h3-4,7,9,11,14H,5-6,16H2,1-2H3. The van der Waals surface area contributed by atoms with Crippen molar-refractivity contribution in [2.75, 3.05) is 13.2 Å². The van der Waals surface area contributed by atoms with E-state index in [1.165, 1.54) is 0 Å². The van der Waals surface area contributed by atoms with E-state index in [2.05, 4.69) is 6.07 Å². The summed E-state index contributed by atoms with van der Waals surface area (Å²) < 4.78 is 11.0. The smallest absolute Gasteiger partial charge is 0.161 e. The third kappa shape index (κ3) is 2.41. The number of fused-ring (bicyclic) bond motifs is 1. The maximum atomic E-state index is 9.18. The first kappa shape index (κ1) is 12.7. The van der Waals surface area contributed by atoms with Crippen molar-refractivity contribution in [1.29, 1.82) is 5.26 Å². The van der Waals surface area contributed by atoms with Gasteiger partial charge in [0, 0.05) is 6.04 Å². The average molecular weight is 246 g/mol. The highest BCUT2D eigenvalue weighted by Gasteiger charge is 2.24. The fourth-order valence-electron chi connectivity index (χ4n) is 2.12. The van der Waals surface area contributed by atoms with Crippen LogP contribution in [0.5, 0.6) is 11.5 Å². The van der Waals surface area contributed by atoms with Gasteiger partial charge in [0.25, 0.3) is 0 Å². The maximum Gasteiger partial charge on any atom is 0.161 e. The summed E-state index contributed by atoms with van der Waals surface area (Å²) in [6, 6.07) is 7.63. The lowest BCUT2D eigenvalue weighted by molar-refractivity contribution is 0.171. The highest BCUT2D eigenvalue weighted by molar-refractivity contribution is 5.45. The predicted octanol–water partition coefficient (Wildman–Crippen LogP) is 2.25. The molecule has 2 unspecified atom stereocenters. The molecule has 1 heterocycles. The lowest BCUT2D eigenvalue weighted by atomic mass is 9.86. The Hall–Kier alpha value is -1.73. The second-order valence-electron chi connectivity index (χ2n) is 4.83. The van der Waals surface area contributed by atoms with E-state index in [4.69, 9.17) is 15.2 Å². The Morgan fingerprint density at radius 3 is 2.50 bits per heavy atom. The van der Waals surface area contributed by atoms with Gasteiger partial charge in [-0.05, 0) is 23.6 Å². The Kier molecular flexibility index (Phi) is 3.73. The second-order valence-corrected chi connectivity index (χ2v) is 4.83. The van der Waals surface area contributed by atoms with Gasteiger partial charge in [0.2, 0.25) is 0 Å². The number of hydrogen-bond donors (Lipinski definition) is 1. The van der Waals surface area contributed by atoms with Gasteiger partial charge in [0.05, 0.1) is 12.0 Å². The van der Waals surface area contributed by atoms with E-state index in [1.807, 2.05) is 32.0 Å². The molecule has 0 spiro atoms. The van der Waals surface area contributed by atoms with Gasteiger partial charge in [-0.1, -0.05) is 19.9 Å². The Morgan fingerprint density at radius 1 is 1.22 bits per heavy atom. The van der Waals surface area contributed by atoms with Gasteiger partial charge >= 0.3 is 0 Å². The third-order valence-electron chi connectivity index (χ3n) is 3.21. The van der Waals surface area contributed by atoms with Crippen molar-refractivity contribution < 1.29 is 9.47 Å². The summed E-state index contributed by atoms with van der Waals surface area (Å²) in [6.45, 7) is 5.14. The molecule has 1 aliphatic heterocycles. The zero-order valence-corrected chi connectivity index (χ0v) is 10.7. The number of nitriles is 1. The monoisotopic (exact) mass is 246 g/mol. The second kappa shape index (κ2) is 5.28. The fourth-order valence-corrected chi connectivity index (χ4v) is 2.12. The van der Waals surface area contributed by atoms with Crippen molar-refractivity contribution in [1.82, 2.24) is 0 Å². The van der Waals surface area contributed by atoms with Gasteiger partial charge in [0.1, 0.15) is 13.2 Å². The molecule has 96 valence electrons. The van der Waals surface area contributed by atoms with Crippen molar-refractivity contribution in [3.8, 4) is 17.6 Å². The van der Waals surface area contributed by atoms with E-state index in [-0.39, 0.29) is 17.9 Å². The minimum absolute atomic E-state index is 0.201. The molecule has 0 aliphatic carbocycles. The summed E-state index contributed by atoms with van der Waals surface area (Å²) in [5.41, 5.74) is 7.08. The minimum atomic E-state index is -0.300. The number of hydrogen-bond acceptors (Lipinski definition) is 4. The summed E-state index contributed by atoms with van der Waals surface area (Å²) in [7, 11) is 0. The van der Waals surface area contributed by atoms with E-state index >= 15 is 0 Å². The lowest BCUT2D eigenvalue weighted by Crippen LogP contribution is -2.24. The molecule has 0 aromatic heterocycles. The van der Waals surface area contributed by atoms with Crippen LogP contribution in [0.2, 0.25) is 0 Å². The largest absolute Gasteiger partial charge is 0.486 e. The number of nitrogens with zero attached hydrogens (tertiary/aromatic N) is 1.